The highest BCUT2D eigenvalue weighted by atomic mass is 16.5. The van der Waals surface area contributed by atoms with E-state index in [1.54, 1.807) is 6.92 Å². The second kappa shape index (κ2) is 6.73. The molecule has 0 aliphatic rings. The zero-order valence-corrected chi connectivity index (χ0v) is 12.6. The average molecular weight is 312 g/mol. The molecule has 3 rings (SSSR count). The van der Waals surface area contributed by atoms with Crippen molar-refractivity contribution < 1.29 is 9.32 Å². The van der Waals surface area contributed by atoms with E-state index in [-0.39, 0.29) is 5.91 Å². The summed E-state index contributed by atoms with van der Waals surface area (Å²) in [4.78, 5) is 11.8. The Morgan fingerprint density at radius 2 is 2.04 bits per heavy atom. The summed E-state index contributed by atoms with van der Waals surface area (Å²) in [6, 6.07) is 7.56. The second-order valence-corrected chi connectivity index (χ2v) is 4.85. The molecule has 0 fully saturated rings. The Balaban J connectivity index is 1.46. The highest BCUT2D eigenvalue weighted by Crippen LogP contribution is 2.07. The van der Waals surface area contributed by atoms with Gasteiger partial charge in [0.1, 0.15) is 17.1 Å². The molecule has 0 radical (unpaired) electrons. The third-order valence-electron chi connectivity index (χ3n) is 3.23. The molecule has 3 aromatic rings. The standard InChI is InChI=1S/C15H16N6O2/c1-11-12(10-18-23-11)15(22)17-7-6-16-13-4-5-14(20-19-13)21-8-2-3-9-21/h2-5,8-10H,6-7H2,1H3,(H,16,19)(H,17,22). The Kier molecular flexibility index (Phi) is 4.32. The van der Waals surface area contributed by atoms with Gasteiger partial charge >= 0.3 is 0 Å². The van der Waals surface area contributed by atoms with Gasteiger partial charge in [0.05, 0.1) is 6.20 Å². The number of aryl methyl sites for hydroxylation is 1. The van der Waals surface area contributed by atoms with Crippen LogP contribution in [-0.2, 0) is 0 Å². The first kappa shape index (κ1) is 14.8. The fourth-order valence-electron chi connectivity index (χ4n) is 2.02. The molecule has 3 aromatic heterocycles. The van der Waals surface area contributed by atoms with Crippen LogP contribution in [0.2, 0.25) is 0 Å². The van der Waals surface area contributed by atoms with Gasteiger partial charge in [-0.05, 0) is 31.2 Å². The van der Waals surface area contributed by atoms with Gasteiger partial charge in [-0.25, -0.2) is 0 Å². The molecule has 0 unspecified atom stereocenters. The predicted molar refractivity (Wildman–Crippen MR) is 83.4 cm³/mol. The third-order valence-corrected chi connectivity index (χ3v) is 3.23. The molecule has 0 aliphatic carbocycles. The molecule has 8 nitrogen and oxygen atoms in total. The fraction of sp³-hybridized carbons (Fsp3) is 0.200. The predicted octanol–water partition coefficient (Wildman–Crippen LogP) is 1.41. The van der Waals surface area contributed by atoms with E-state index in [1.165, 1.54) is 6.20 Å². The molecule has 0 aromatic carbocycles. The van der Waals surface area contributed by atoms with E-state index in [4.69, 9.17) is 4.52 Å². The van der Waals surface area contributed by atoms with Gasteiger partial charge < -0.3 is 19.7 Å². The normalized spacial score (nSPS) is 10.5. The maximum atomic E-state index is 11.8. The zero-order chi connectivity index (χ0) is 16.1. The molecule has 0 saturated carbocycles. The molecule has 0 aliphatic heterocycles. The number of amides is 1. The molecule has 2 N–H and O–H groups in total. The Labute approximate surface area is 132 Å². The van der Waals surface area contributed by atoms with E-state index >= 15 is 0 Å². The lowest BCUT2D eigenvalue weighted by Gasteiger charge is -2.07. The van der Waals surface area contributed by atoms with Crippen molar-refractivity contribution in [1.82, 2.24) is 25.2 Å². The van der Waals surface area contributed by atoms with Gasteiger partial charge in [-0.1, -0.05) is 5.16 Å². The summed E-state index contributed by atoms with van der Waals surface area (Å²) >= 11 is 0. The highest BCUT2D eigenvalue weighted by Gasteiger charge is 2.11. The average Bonchev–Trinajstić information content (AvgIpc) is 3.23. The number of anilines is 1. The Morgan fingerprint density at radius 1 is 1.22 bits per heavy atom. The number of carbonyl (C=O) groups excluding carboxylic acids is 1. The van der Waals surface area contributed by atoms with Crippen molar-refractivity contribution in [2.75, 3.05) is 18.4 Å². The molecule has 118 valence electrons. The number of nitrogens with one attached hydrogen (secondary N) is 2. The highest BCUT2D eigenvalue weighted by molar-refractivity contribution is 5.94. The summed E-state index contributed by atoms with van der Waals surface area (Å²) in [5.41, 5.74) is 0.445. The molecule has 0 saturated heterocycles. The van der Waals surface area contributed by atoms with Gasteiger partial charge in [-0.15, -0.1) is 10.2 Å². The maximum Gasteiger partial charge on any atom is 0.256 e. The van der Waals surface area contributed by atoms with E-state index in [0.717, 1.165) is 5.82 Å². The summed E-state index contributed by atoms with van der Waals surface area (Å²) in [6.45, 7) is 2.68. The quantitative estimate of drug-likeness (QED) is 0.668. The van der Waals surface area contributed by atoms with Crippen molar-refractivity contribution in [3.8, 4) is 5.82 Å². The van der Waals surface area contributed by atoms with Crippen molar-refractivity contribution >= 4 is 11.7 Å². The van der Waals surface area contributed by atoms with Gasteiger partial charge in [0.2, 0.25) is 0 Å². The van der Waals surface area contributed by atoms with Crippen molar-refractivity contribution in [3.05, 3.63) is 54.2 Å². The van der Waals surface area contributed by atoms with Gasteiger partial charge in [0, 0.05) is 25.5 Å². The van der Waals surface area contributed by atoms with Crippen LogP contribution in [0.15, 0.2) is 47.4 Å². The van der Waals surface area contributed by atoms with E-state index in [9.17, 15) is 4.79 Å². The lowest BCUT2D eigenvalue weighted by Crippen LogP contribution is -2.29. The van der Waals surface area contributed by atoms with E-state index in [1.807, 2.05) is 41.2 Å². The number of aromatic nitrogens is 4. The molecular formula is C15H16N6O2. The molecule has 0 spiro atoms. The molecular weight excluding hydrogens is 296 g/mol. The number of hydrogen-bond donors (Lipinski definition) is 2. The van der Waals surface area contributed by atoms with Gasteiger partial charge in [0.25, 0.3) is 5.91 Å². The van der Waals surface area contributed by atoms with Crippen molar-refractivity contribution in [3.63, 3.8) is 0 Å². The van der Waals surface area contributed by atoms with Gasteiger partial charge in [0.15, 0.2) is 5.82 Å². The largest absolute Gasteiger partial charge is 0.367 e. The van der Waals surface area contributed by atoms with Crippen LogP contribution in [0.25, 0.3) is 5.82 Å². The van der Waals surface area contributed by atoms with Gasteiger partial charge in [-0.3, -0.25) is 4.79 Å². The first-order valence-corrected chi connectivity index (χ1v) is 7.14. The van der Waals surface area contributed by atoms with E-state index < -0.39 is 0 Å². The molecule has 1 amide bonds. The van der Waals surface area contributed by atoms with Crippen LogP contribution >= 0.6 is 0 Å². The van der Waals surface area contributed by atoms with Crippen LogP contribution in [0.1, 0.15) is 16.1 Å². The zero-order valence-electron chi connectivity index (χ0n) is 12.6. The van der Waals surface area contributed by atoms with Crippen molar-refractivity contribution in [2.45, 2.75) is 6.92 Å². The van der Waals surface area contributed by atoms with Crippen LogP contribution < -0.4 is 10.6 Å². The number of rotatable bonds is 6. The summed E-state index contributed by atoms with van der Waals surface area (Å²) < 4.78 is 6.73. The molecule has 0 atom stereocenters. The topological polar surface area (TPSA) is 97.9 Å². The van der Waals surface area contributed by atoms with Crippen LogP contribution in [0.5, 0.6) is 0 Å². The van der Waals surface area contributed by atoms with E-state index in [0.29, 0.717) is 30.2 Å². The first-order chi connectivity index (χ1) is 11.2. The Hall–Kier alpha value is -3.16. The summed E-state index contributed by atoms with van der Waals surface area (Å²) in [5, 5.41) is 17.7. The van der Waals surface area contributed by atoms with Gasteiger partial charge in [-0.2, -0.15) is 0 Å². The second-order valence-electron chi connectivity index (χ2n) is 4.85. The minimum absolute atomic E-state index is 0.209. The van der Waals surface area contributed by atoms with Crippen molar-refractivity contribution in [2.24, 2.45) is 0 Å². The fourth-order valence-corrected chi connectivity index (χ4v) is 2.02. The Bertz CT molecular complexity index is 764. The summed E-state index contributed by atoms with van der Waals surface area (Å²) in [5.74, 6) is 1.69. The maximum absolute atomic E-state index is 11.8. The number of carbonyl (C=O) groups is 1. The van der Waals surface area contributed by atoms with Crippen LogP contribution in [0, 0.1) is 6.92 Å². The number of nitrogens with zero attached hydrogens (tertiary/aromatic N) is 4. The first-order valence-electron chi connectivity index (χ1n) is 7.14. The lowest BCUT2D eigenvalue weighted by molar-refractivity contribution is 0.0953. The molecule has 23 heavy (non-hydrogen) atoms. The molecule has 3 heterocycles. The van der Waals surface area contributed by atoms with Crippen molar-refractivity contribution in [1.29, 1.82) is 0 Å². The molecule has 0 bridgehead atoms. The summed E-state index contributed by atoms with van der Waals surface area (Å²) in [7, 11) is 0. The minimum Gasteiger partial charge on any atom is -0.367 e. The smallest absolute Gasteiger partial charge is 0.256 e. The third kappa shape index (κ3) is 3.54. The summed E-state index contributed by atoms with van der Waals surface area (Å²) in [6.07, 6.45) is 5.21. The van der Waals surface area contributed by atoms with E-state index in [2.05, 4.69) is 26.0 Å². The Morgan fingerprint density at radius 3 is 2.70 bits per heavy atom. The van der Waals surface area contributed by atoms with Crippen LogP contribution in [0.3, 0.4) is 0 Å². The van der Waals surface area contributed by atoms with Crippen LogP contribution in [0.4, 0.5) is 5.82 Å². The van der Waals surface area contributed by atoms with Crippen LogP contribution in [-0.4, -0.2) is 38.9 Å². The minimum atomic E-state index is -0.209. The SMILES string of the molecule is Cc1oncc1C(=O)NCCNc1ccc(-n2cccc2)nn1. The number of hydrogen-bond acceptors (Lipinski definition) is 6. The monoisotopic (exact) mass is 312 g/mol. The lowest BCUT2D eigenvalue weighted by atomic mass is 10.2. The molecule has 8 heteroatoms.